The van der Waals surface area contributed by atoms with Gasteiger partial charge in [0.25, 0.3) is 0 Å². The van der Waals surface area contributed by atoms with Crippen molar-refractivity contribution in [2.75, 3.05) is 0 Å². The molecule has 0 radical (unpaired) electrons. The van der Waals surface area contributed by atoms with Gasteiger partial charge < -0.3 is 14.9 Å². The minimum atomic E-state index is -1.15. The number of carbonyl (C=O) groups is 3. The Balaban J connectivity index is 2.24. The van der Waals surface area contributed by atoms with Gasteiger partial charge >= 0.3 is 17.9 Å². The first-order valence-corrected chi connectivity index (χ1v) is 8.67. The third-order valence-corrected chi connectivity index (χ3v) is 3.94. The monoisotopic (exact) mass is 350 g/mol. The van der Waals surface area contributed by atoms with Crippen LogP contribution in [0.5, 0.6) is 0 Å². The number of aromatic carboxylic acids is 1. The molecule has 0 amide bonds. The number of rotatable bonds is 12. The first-order chi connectivity index (χ1) is 11.9. The summed E-state index contributed by atoms with van der Waals surface area (Å²) in [7, 11) is 0. The number of benzene rings is 1. The molecule has 0 saturated carbocycles. The van der Waals surface area contributed by atoms with Crippen LogP contribution >= 0.6 is 0 Å². The van der Waals surface area contributed by atoms with Crippen LogP contribution < -0.4 is 0 Å². The zero-order valence-electron chi connectivity index (χ0n) is 14.6. The molecule has 1 aromatic rings. The van der Waals surface area contributed by atoms with Crippen LogP contribution in [-0.2, 0) is 9.53 Å². The Morgan fingerprint density at radius 3 is 2.08 bits per heavy atom. The Morgan fingerprint density at radius 2 is 1.48 bits per heavy atom. The van der Waals surface area contributed by atoms with Crippen LogP contribution in [0.25, 0.3) is 0 Å². The summed E-state index contributed by atoms with van der Waals surface area (Å²) in [5.41, 5.74) is 0.0151. The molecule has 138 valence electrons. The summed E-state index contributed by atoms with van der Waals surface area (Å²) < 4.78 is 5.33. The van der Waals surface area contributed by atoms with Crippen LogP contribution in [0, 0.1) is 0 Å². The van der Waals surface area contributed by atoms with Gasteiger partial charge in [-0.2, -0.15) is 0 Å². The van der Waals surface area contributed by atoms with Crippen LogP contribution in [0.2, 0.25) is 0 Å². The molecule has 0 aliphatic heterocycles. The number of carboxylic acids is 2. The number of carbonyl (C=O) groups excluding carboxylic acids is 1. The standard InChI is InChI=1S/C19H26O6/c1-14(10-6-4-2-3-5-7-13-17(20)21)25-19(24)16-12-9-8-11-15(16)18(22)23/h8-9,11-12,14H,2-7,10,13H2,1H3,(H,20,21)(H,22,23). The van der Waals surface area contributed by atoms with Crippen LogP contribution in [-0.4, -0.2) is 34.2 Å². The molecule has 6 nitrogen and oxygen atoms in total. The van der Waals surface area contributed by atoms with Crippen molar-refractivity contribution in [2.24, 2.45) is 0 Å². The van der Waals surface area contributed by atoms with Crippen molar-refractivity contribution in [3.05, 3.63) is 35.4 Å². The van der Waals surface area contributed by atoms with Crippen molar-refractivity contribution in [1.82, 2.24) is 0 Å². The summed E-state index contributed by atoms with van der Waals surface area (Å²) in [5.74, 6) is -2.51. The van der Waals surface area contributed by atoms with Gasteiger partial charge in [-0.1, -0.05) is 37.8 Å². The lowest BCUT2D eigenvalue weighted by molar-refractivity contribution is -0.137. The second-order valence-electron chi connectivity index (χ2n) is 6.12. The minimum Gasteiger partial charge on any atom is -0.481 e. The fraction of sp³-hybridized carbons (Fsp3) is 0.526. The molecule has 1 unspecified atom stereocenters. The first-order valence-electron chi connectivity index (χ1n) is 8.67. The predicted octanol–water partition coefficient (Wildman–Crippen LogP) is 4.14. The molecule has 0 bridgehead atoms. The zero-order chi connectivity index (χ0) is 18.7. The summed E-state index contributed by atoms with van der Waals surface area (Å²) in [6.45, 7) is 1.80. The fourth-order valence-corrected chi connectivity index (χ4v) is 2.57. The number of carboxylic acid groups (broad SMARTS) is 2. The maximum absolute atomic E-state index is 12.1. The molecule has 1 rings (SSSR count). The lowest BCUT2D eigenvalue weighted by atomic mass is 10.1. The Kier molecular flexibility index (Phi) is 9.29. The summed E-state index contributed by atoms with van der Waals surface area (Å²) >= 11 is 0. The number of ether oxygens (including phenoxy) is 1. The van der Waals surface area contributed by atoms with Crippen LogP contribution in [0.3, 0.4) is 0 Å². The van der Waals surface area contributed by atoms with E-state index < -0.39 is 17.9 Å². The number of hydrogen-bond donors (Lipinski definition) is 2. The fourth-order valence-electron chi connectivity index (χ4n) is 2.57. The largest absolute Gasteiger partial charge is 0.481 e. The van der Waals surface area contributed by atoms with Crippen molar-refractivity contribution in [3.63, 3.8) is 0 Å². The average Bonchev–Trinajstić information content (AvgIpc) is 2.56. The molecular weight excluding hydrogens is 324 g/mol. The second-order valence-corrected chi connectivity index (χ2v) is 6.12. The van der Waals surface area contributed by atoms with Crippen LogP contribution in [0.4, 0.5) is 0 Å². The molecule has 0 aliphatic rings. The molecule has 0 saturated heterocycles. The lowest BCUT2D eigenvalue weighted by Crippen LogP contribution is -2.17. The number of esters is 1. The Hall–Kier alpha value is -2.37. The molecule has 2 N–H and O–H groups in total. The molecule has 0 aliphatic carbocycles. The number of aliphatic carboxylic acids is 1. The predicted molar refractivity (Wildman–Crippen MR) is 92.9 cm³/mol. The highest BCUT2D eigenvalue weighted by Crippen LogP contribution is 2.15. The molecule has 25 heavy (non-hydrogen) atoms. The van der Waals surface area contributed by atoms with E-state index in [4.69, 9.17) is 14.9 Å². The summed E-state index contributed by atoms with van der Waals surface area (Å²) in [5, 5.41) is 17.6. The van der Waals surface area contributed by atoms with Gasteiger partial charge in [-0.3, -0.25) is 4.79 Å². The third-order valence-electron chi connectivity index (χ3n) is 3.94. The maximum atomic E-state index is 12.1. The molecule has 0 spiro atoms. The van der Waals surface area contributed by atoms with Crippen molar-refractivity contribution >= 4 is 17.9 Å². The van der Waals surface area contributed by atoms with Gasteiger partial charge in [0.2, 0.25) is 0 Å². The molecule has 0 aromatic heterocycles. The molecule has 0 fully saturated rings. The molecule has 1 aromatic carbocycles. The van der Waals surface area contributed by atoms with Gasteiger partial charge in [0.1, 0.15) is 0 Å². The second kappa shape index (κ2) is 11.2. The van der Waals surface area contributed by atoms with Gasteiger partial charge in [0.15, 0.2) is 0 Å². The van der Waals surface area contributed by atoms with E-state index in [2.05, 4.69) is 0 Å². The summed E-state index contributed by atoms with van der Waals surface area (Å²) in [4.78, 5) is 33.6. The van der Waals surface area contributed by atoms with E-state index in [0.29, 0.717) is 6.42 Å². The van der Waals surface area contributed by atoms with Crippen molar-refractivity contribution in [3.8, 4) is 0 Å². The van der Waals surface area contributed by atoms with E-state index in [1.807, 2.05) is 0 Å². The van der Waals surface area contributed by atoms with Gasteiger partial charge in [-0.25, -0.2) is 9.59 Å². The van der Waals surface area contributed by atoms with E-state index in [9.17, 15) is 14.4 Å². The topological polar surface area (TPSA) is 101 Å². The third kappa shape index (κ3) is 8.33. The average molecular weight is 350 g/mol. The van der Waals surface area contributed by atoms with Crippen molar-refractivity contribution < 1.29 is 29.3 Å². The van der Waals surface area contributed by atoms with E-state index in [1.165, 1.54) is 12.1 Å². The van der Waals surface area contributed by atoms with Gasteiger partial charge in [-0.05, 0) is 38.3 Å². The Morgan fingerprint density at radius 1 is 0.920 bits per heavy atom. The van der Waals surface area contributed by atoms with Gasteiger partial charge in [-0.15, -0.1) is 0 Å². The zero-order valence-corrected chi connectivity index (χ0v) is 14.6. The molecule has 6 heteroatoms. The summed E-state index contributed by atoms with van der Waals surface area (Å²) in [6.07, 6.45) is 6.25. The molecule has 0 heterocycles. The normalized spacial score (nSPS) is 11.7. The molecular formula is C19H26O6. The van der Waals surface area contributed by atoms with E-state index >= 15 is 0 Å². The van der Waals surface area contributed by atoms with Gasteiger partial charge in [0, 0.05) is 6.42 Å². The van der Waals surface area contributed by atoms with Crippen LogP contribution in [0.15, 0.2) is 24.3 Å². The lowest BCUT2D eigenvalue weighted by Gasteiger charge is -2.14. The number of unbranched alkanes of at least 4 members (excludes halogenated alkanes) is 5. The highest BCUT2D eigenvalue weighted by molar-refractivity contribution is 6.02. The summed E-state index contributed by atoms with van der Waals surface area (Å²) in [6, 6.07) is 6.02. The SMILES string of the molecule is CC(CCCCCCCCC(=O)O)OC(=O)c1ccccc1C(=O)O. The highest BCUT2D eigenvalue weighted by atomic mass is 16.5. The van der Waals surface area contributed by atoms with Crippen molar-refractivity contribution in [2.45, 2.75) is 64.4 Å². The van der Waals surface area contributed by atoms with Crippen molar-refractivity contribution in [1.29, 1.82) is 0 Å². The number of hydrogen-bond acceptors (Lipinski definition) is 4. The smallest absolute Gasteiger partial charge is 0.339 e. The maximum Gasteiger partial charge on any atom is 0.339 e. The van der Waals surface area contributed by atoms with E-state index in [1.54, 1.807) is 19.1 Å². The first kappa shape index (κ1) is 20.7. The molecule has 1 atom stereocenters. The van der Waals surface area contributed by atoms with Crippen LogP contribution in [0.1, 0.15) is 79.0 Å². The highest BCUT2D eigenvalue weighted by Gasteiger charge is 2.18. The Labute approximate surface area is 147 Å². The quantitative estimate of drug-likeness (QED) is 0.434. The minimum absolute atomic E-state index is 0.0546. The van der Waals surface area contributed by atoms with E-state index in [-0.39, 0.29) is 23.7 Å². The van der Waals surface area contributed by atoms with Gasteiger partial charge in [0.05, 0.1) is 17.2 Å². The van der Waals surface area contributed by atoms with E-state index in [0.717, 1.165) is 38.5 Å². The Bertz CT molecular complexity index is 581.